The van der Waals surface area contributed by atoms with Gasteiger partial charge in [0.2, 0.25) is 0 Å². The van der Waals surface area contributed by atoms with Gasteiger partial charge in [0, 0.05) is 18.3 Å². The van der Waals surface area contributed by atoms with Crippen LogP contribution in [0.5, 0.6) is 0 Å². The van der Waals surface area contributed by atoms with Crippen LogP contribution in [0.1, 0.15) is 24.1 Å². The molecule has 7 heteroatoms. The van der Waals surface area contributed by atoms with Crippen molar-refractivity contribution in [2.75, 3.05) is 24.6 Å². The van der Waals surface area contributed by atoms with Gasteiger partial charge in [0.15, 0.2) is 0 Å². The number of aryl methyl sites for hydroxylation is 1. The Hall–Kier alpha value is -1.34. The minimum absolute atomic E-state index is 0.199. The van der Waals surface area contributed by atoms with E-state index in [1.165, 1.54) is 13.0 Å². The van der Waals surface area contributed by atoms with Gasteiger partial charge in [-0.25, -0.2) is 4.39 Å². The molecule has 20 heavy (non-hydrogen) atoms. The fraction of sp³-hybridized carbons (Fsp3) is 0.538. The standard InChI is InChI=1S/C13H18F4N2O/c1-8-5-12(10(9(2)18)6-11(8)14)19(3-4-20)7-13(15,16)17/h5-6,9,20H,3-4,7,18H2,1-2H3. The maximum atomic E-state index is 13.6. The van der Waals surface area contributed by atoms with Crippen LogP contribution in [-0.2, 0) is 0 Å². The number of halogens is 4. The lowest BCUT2D eigenvalue weighted by Gasteiger charge is -2.29. The molecule has 0 heterocycles. The summed E-state index contributed by atoms with van der Waals surface area (Å²) in [5.74, 6) is -0.517. The van der Waals surface area contributed by atoms with Gasteiger partial charge >= 0.3 is 6.18 Å². The predicted molar refractivity (Wildman–Crippen MR) is 69.1 cm³/mol. The third kappa shape index (κ3) is 4.35. The topological polar surface area (TPSA) is 49.5 Å². The van der Waals surface area contributed by atoms with Gasteiger partial charge < -0.3 is 15.7 Å². The van der Waals surface area contributed by atoms with Gasteiger partial charge in [0.25, 0.3) is 0 Å². The van der Waals surface area contributed by atoms with Crippen LogP contribution in [0.2, 0.25) is 0 Å². The van der Waals surface area contributed by atoms with E-state index in [9.17, 15) is 17.6 Å². The van der Waals surface area contributed by atoms with E-state index in [2.05, 4.69) is 0 Å². The first-order chi connectivity index (χ1) is 9.15. The lowest BCUT2D eigenvalue weighted by molar-refractivity contribution is -0.119. The van der Waals surface area contributed by atoms with Crippen LogP contribution in [0, 0.1) is 12.7 Å². The molecule has 0 saturated carbocycles. The second-order valence-electron chi connectivity index (χ2n) is 4.71. The number of hydrogen-bond acceptors (Lipinski definition) is 3. The molecule has 3 nitrogen and oxygen atoms in total. The molecule has 114 valence electrons. The molecule has 0 fully saturated rings. The molecule has 0 aliphatic carbocycles. The fourth-order valence-electron chi connectivity index (χ4n) is 1.94. The van der Waals surface area contributed by atoms with E-state index in [1.54, 1.807) is 6.92 Å². The van der Waals surface area contributed by atoms with Crippen LogP contribution < -0.4 is 10.6 Å². The summed E-state index contributed by atoms with van der Waals surface area (Å²) >= 11 is 0. The Morgan fingerprint density at radius 2 is 1.95 bits per heavy atom. The molecule has 0 radical (unpaired) electrons. The van der Waals surface area contributed by atoms with E-state index in [1.807, 2.05) is 0 Å². The molecule has 1 rings (SSSR count). The Balaban J connectivity index is 3.27. The molecule has 1 aromatic carbocycles. The zero-order valence-electron chi connectivity index (χ0n) is 11.3. The Morgan fingerprint density at radius 1 is 1.35 bits per heavy atom. The van der Waals surface area contributed by atoms with Crippen molar-refractivity contribution >= 4 is 5.69 Å². The summed E-state index contributed by atoms with van der Waals surface area (Å²) in [6.07, 6.45) is -4.42. The van der Waals surface area contributed by atoms with Crippen LogP contribution in [0.25, 0.3) is 0 Å². The maximum absolute atomic E-state index is 13.6. The molecule has 0 aromatic heterocycles. The lowest BCUT2D eigenvalue weighted by atomic mass is 10.0. The van der Waals surface area contributed by atoms with Gasteiger partial charge in [-0.1, -0.05) is 0 Å². The average Bonchev–Trinajstić information content (AvgIpc) is 2.29. The van der Waals surface area contributed by atoms with Gasteiger partial charge in [-0.2, -0.15) is 13.2 Å². The van der Waals surface area contributed by atoms with E-state index in [-0.39, 0.29) is 23.4 Å². The van der Waals surface area contributed by atoms with Crippen molar-refractivity contribution < 1.29 is 22.7 Å². The molecule has 1 atom stereocenters. The number of hydrogen-bond donors (Lipinski definition) is 2. The third-order valence-corrected chi connectivity index (χ3v) is 2.88. The maximum Gasteiger partial charge on any atom is 0.405 e. The van der Waals surface area contributed by atoms with E-state index in [4.69, 9.17) is 10.8 Å². The highest BCUT2D eigenvalue weighted by Crippen LogP contribution is 2.30. The SMILES string of the molecule is Cc1cc(N(CCO)CC(F)(F)F)c(C(C)N)cc1F. The largest absolute Gasteiger partial charge is 0.405 e. The molecule has 0 saturated heterocycles. The Bertz CT molecular complexity index is 460. The van der Waals surface area contributed by atoms with Crippen molar-refractivity contribution in [3.63, 3.8) is 0 Å². The number of nitrogens with zero attached hydrogens (tertiary/aromatic N) is 1. The monoisotopic (exact) mass is 294 g/mol. The summed E-state index contributed by atoms with van der Waals surface area (Å²) in [5.41, 5.74) is 6.41. The lowest BCUT2D eigenvalue weighted by Crippen LogP contribution is -2.37. The molecule has 1 unspecified atom stereocenters. The Labute approximate surface area is 115 Å². The molecular formula is C13H18F4N2O. The van der Waals surface area contributed by atoms with Gasteiger partial charge in [-0.3, -0.25) is 0 Å². The Kier molecular flexibility index (Phi) is 5.35. The smallest absolute Gasteiger partial charge is 0.395 e. The van der Waals surface area contributed by atoms with Crippen molar-refractivity contribution in [3.05, 3.63) is 29.1 Å². The summed E-state index contributed by atoms with van der Waals surface area (Å²) in [5, 5.41) is 8.93. The first-order valence-electron chi connectivity index (χ1n) is 6.14. The fourth-order valence-corrected chi connectivity index (χ4v) is 1.94. The van der Waals surface area contributed by atoms with Gasteiger partial charge in [0.05, 0.1) is 6.61 Å². The molecule has 0 aliphatic rings. The summed E-state index contributed by atoms with van der Waals surface area (Å²) < 4.78 is 51.4. The number of aliphatic hydroxyl groups is 1. The van der Waals surface area contributed by atoms with Gasteiger partial charge in [-0.15, -0.1) is 0 Å². The molecule has 0 amide bonds. The first kappa shape index (κ1) is 16.7. The van der Waals surface area contributed by atoms with Gasteiger partial charge in [0.1, 0.15) is 12.4 Å². The normalized spacial score (nSPS) is 13.4. The van der Waals surface area contributed by atoms with Crippen LogP contribution in [0.4, 0.5) is 23.2 Å². The van der Waals surface area contributed by atoms with Crippen molar-refractivity contribution in [1.82, 2.24) is 0 Å². The Morgan fingerprint density at radius 3 is 2.40 bits per heavy atom. The highest BCUT2D eigenvalue weighted by molar-refractivity contribution is 5.57. The first-order valence-corrected chi connectivity index (χ1v) is 6.14. The van der Waals surface area contributed by atoms with Crippen molar-refractivity contribution in [2.45, 2.75) is 26.1 Å². The zero-order chi connectivity index (χ0) is 15.5. The molecule has 0 bridgehead atoms. The second kappa shape index (κ2) is 6.41. The number of rotatable bonds is 5. The van der Waals surface area contributed by atoms with Crippen molar-refractivity contribution in [2.24, 2.45) is 5.73 Å². The van der Waals surface area contributed by atoms with Crippen molar-refractivity contribution in [1.29, 1.82) is 0 Å². The van der Waals surface area contributed by atoms with Crippen LogP contribution in [0.3, 0.4) is 0 Å². The van der Waals surface area contributed by atoms with Crippen LogP contribution >= 0.6 is 0 Å². The van der Waals surface area contributed by atoms with Crippen molar-refractivity contribution in [3.8, 4) is 0 Å². The highest BCUT2D eigenvalue weighted by Gasteiger charge is 2.32. The summed E-state index contributed by atoms with van der Waals surface area (Å²) in [6.45, 7) is 1.17. The third-order valence-electron chi connectivity index (χ3n) is 2.88. The molecule has 0 spiro atoms. The summed E-state index contributed by atoms with van der Waals surface area (Å²) in [7, 11) is 0. The zero-order valence-corrected chi connectivity index (χ0v) is 11.3. The molecule has 3 N–H and O–H groups in total. The highest BCUT2D eigenvalue weighted by atomic mass is 19.4. The number of aliphatic hydroxyl groups excluding tert-OH is 1. The minimum Gasteiger partial charge on any atom is -0.395 e. The average molecular weight is 294 g/mol. The van der Waals surface area contributed by atoms with E-state index >= 15 is 0 Å². The quantitative estimate of drug-likeness (QED) is 0.820. The number of nitrogens with two attached hydrogens (primary N) is 1. The molecule has 0 aliphatic heterocycles. The molecule has 1 aromatic rings. The molecular weight excluding hydrogens is 276 g/mol. The summed E-state index contributed by atoms with van der Waals surface area (Å²) in [4.78, 5) is 0.963. The number of benzene rings is 1. The second-order valence-corrected chi connectivity index (χ2v) is 4.71. The van der Waals surface area contributed by atoms with Crippen LogP contribution in [-0.4, -0.2) is 31.0 Å². The predicted octanol–water partition coefficient (Wildman–Crippen LogP) is 2.51. The van der Waals surface area contributed by atoms with Gasteiger partial charge in [-0.05, 0) is 37.1 Å². The van der Waals surface area contributed by atoms with E-state index in [0.29, 0.717) is 0 Å². The summed E-state index contributed by atoms with van der Waals surface area (Å²) in [6, 6.07) is 1.86. The van der Waals surface area contributed by atoms with Crippen LogP contribution in [0.15, 0.2) is 12.1 Å². The van der Waals surface area contributed by atoms with E-state index < -0.39 is 31.2 Å². The number of anilines is 1. The minimum atomic E-state index is -4.42. The number of alkyl halides is 3. The van der Waals surface area contributed by atoms with E-state index in [0.717, 1.165) is 11.0 Å².